The van der Waals surface area contributed by atoms with Crippen molar-refractivity contribution in [1.29, 1.82) is 0 Å². The number of hydrogen-bond acceptors (Lipinski definition) is 7. The number of ether oxygens (including phenoxy) is 1. The molecule has 10 heteroatoms. The third-order valence-electron chi connectivity index (χ3n) is 5.17. The zero-order chi connectivity index (χ0) is 21.8. The van der Waals surface area contributed by atoms with Crippen molar-refractivity contribution < 1.29 is 9.53 Å². The molecule has 1 amide bonds. The fourth-order valence-corrected chi connectivity index (χ4v) is 4.41. The fourth-order valence-electron chi connectivity index (χ4n) is 3.43. The number of carbonyl (C=O) groups is 1. The number of rotatable bonds is 6. The van der Waals surface area contributed by atoms with Gasteiger partial charge in [0.05, 0.1) is 17.9 Å². The second kappa shape index (κ2) is 9.49. The summed E-state index contributed by atoms with van der Waals surface area (Å²) in [6.07, 6.45) is 0. The summed E-state index contributed by atoms with van der Waals surface area (Å²) in [5, 5.41) is 9.27. The monoisotopic (exact) mass is 458 g/mol. The molecule has 8 nitrogen and oxygen atoms in total. The van der Waals surface area contributed by atoms with Crippen molar-refractivity contribution in [2.75, 3.05) is 49.8 Å². The Morgan fingerprint density at radius 3 is 2.48 bits per heavy atom. The molecule has 2 heterocycles. The molecule has 4 rings (SSSR count). The third kappa shape index (κ3) is 4.72. The lowest BCUT2D eigenvalue weighted by Crippen LogP contribution is -2.49. The number of thioether (sulfide) groups is 1. The normalized spacial score (nSPS) is 14.0. The molecule has 2 N–H and O–H groups in total. The summed E-state index contributed by atoms with van der Waals surface area (Å²) < 4.78 is 6.58. The van der Waals surface area contributed by atoms with E-state index in [2.05, 4.69) is 15.1 Å². The highest BCUT2D eigenvalue weighted by molar-refractivity contribution is 7.99. The predicted molar refractivity (Wildman–Crippen MR) is 123 cm³/mol. The van der Waals surface area contributed by atoms with Crippen molar-refractivity contribution in [3.05, 3.63) is 53.6 Å². The number of nitrogens with zero attached hydrogens (tertiary/aromatic N) is 5. The van der Waals surface area contributed by atoms with Crippen LogP contribution in [0.5, 0.6) is 5.75 Å². The second-order valence-corrected chi connectivity index (χ2v) is 8.36. The molecule has 31 heavy (non-hydrogen) atoms. The Bertz CT molecular complexity index is 1050. The van der Waals surface area contributed by atoms with Gasteiger partial charge in [0.25, 0.3) is 0 Å². The van der Waals surface area contributed by atoms with Crippen molar-refractivity contribution in [3.8, 4) is 17.1 Å². The summed E-state index contributed by atoms with van der Waals surface area (Å²) in [6.45, 7) is 2.91. The number of halogens is 1. The molecule has 0 atom stereocenters. The first-order chi connectivity index (χ1) is 15.1. The summed E-state index contributed by atoms with van der Waals surface area (Å²) >= 11 is 7.50. The lowest BCUT2D eigenvalue weighted by Gasteiger charge is -2.36. The number of benzene rings is 2. The molecule has 1 fully saturated rings. The molecule has 0 aliphatic carbocycles. The molecule has 0 radical (unpaired) electrons. The highest BCUT2D eigenvalue weighted by Gasteiger charge is 2.22. The number of amides is 1. The Labute approximate surface area is 189 Å². The maximum Gasteiger partial charge on any atom is 0.233 e. The average molecular weight is 459 g/mol. The van der Waals surface area contributed by atoms with Gasteiger partial charge in [-0.05, 0) is 36.4 Å². The fraction of sp³-hybridized carbons (Fsp3) is 0.286. The molecule has 3 aromatic rings. The highest BCUT2D eigenvalue weighted by atomic mass is 35.5. The van der Waals surface area contributed by atoms with Gasteiger partial charge in [0.1, 0.15) is 5.75 Å². The minimum Gasteiger partial charge on any atom is -0.497 e. The molecule has 0 bridgehead atoms. The van der Waals surface area contributed by atoms with Crippen LogP contribution in [0.15, 0.2) is 53.7 Å². The van der Waals surface area contributed by atoms with E-state index in [4.69, 9.17) is 22.2 Å². The molecule has 0 spiro atoms. The zero-order valence-electron chi connectivity index (χ0n) is 17.1. The van der Waals surface area contributed by atoms with E-state index in [9.17, 15) is 4.79 Å². The third-order valence-corrected chi connectivity index (χ3v) is 6.43. The number of anilines is 1. The number of aromatic nitrogens is 3. The summed E-state index contributed by atoms with van der Waals surface area (Å²) in [7, 11) is 1.65. The highest BCUT2D eigenvalue weighted by Crippen LogP contribution is 2.28. The molecular formula is C21H23ClN6O2S. The summed E-state index contributed by atoms with van der Waals surface area (Å²) in [4.78, 5) is 16.8. The Morgan fingerprint density at radius 1 is 1.10 bits per heavy atom. The van der Waals surface area contributed by atoms with Gasteiger partial charge in [-0.2, -0.15) is 0 Å². The van der Waals surface area contributed by atoms with Crippen molar-refractivity contribution in [2.45, 2.75) is 5.16 Å². The molecule has 1 aliphatic heterocycles. The van der Waals surface area contributed by atoms with Gasteiger partial charge in [-0.15, -0.1) is 10.2 Å². The van der Waals surface area contributed by atoms with Crippen LogP contribution in [0.1, 0.15) is 0 Å². The Balaban J connectivity index is 1.31. The molecular weight excluding hydrogens is 436 g/mol. The largest absolute Gasteiger partial charge is 0.497 e. The smallest absolute Gasteiger partial charge is 0.233 e. The summed E-state index contributed by atoms with van der Waals surface area (Å²) in [5.74, 6) is 7.75. The lowest BCUT2D eigenvalue weighted by atomic mass is 10.2. The van der Waals surface area contributed by atoms with Crippen LogP contribution in [0, 0.1) is 0 Å². The van der Waals surface area contributed by atoms with Crippen LogP contribution in [0.3, 0.4) is 0 Å². The van der Waals surface area contributed by atoms with Gasteiger partial charge in [-0.25, -0.2) is 4.68 Å². The van der Waals surface area contributed by atoms with Crippen LogP contribution in [0.2, 0.25) is 5.02 Å². The van der Waals surface area contributed by atoms with Crippen molar-refractivity contribution in [2.24, 2.45) is 0 Å². The summed E-state index contributed by atoms with van der Waals surface area (Å²) in [5.41, 5.74) is 1.83. The summed E-state index contributed by atoms with van der Waals surface area (Å²) in [6, 6.07) is 15.3. The molecule has 1 aromatic heterocycles. The lowest BCUT2D eigenvalue weighted by molar-refractivity contribution is -0.128. The Kier molecular flexibility index (Phi) is 6.53. The molecule has 2 aromatic carbocycles. The van der Waals surface area contributed by atoms with Crippen LogP contribution in [-0.2, 0) is 4.79 Å². The van der Waals surface area contributed by atoms with Crippen LogP contribution in [0.4, 0.5) is 5.69 Å². The van der Waals surface area contributed by atoms with Crippen molar-refractivity contribution >= 4 is 35.0 Å². The minimum atomic E-state index is 0.0571. The van der Waals surface area contributed by atoms with E-state index < -0.39 is 0 Å². The van der Waals surface area contributed by atoms with Crippen LogP contribution < -0.4 is 15.5 Å². The van der Waals surface area contributed by atoms with Crippen molar-refractivity contribution in [3.63, 3.8) is 0 Å². The molecule has 1 aliphatic rings. The SMILES string of the molecule is COc1ccc(N2CCN(C(=O)CSc3nnc(-c4ccccc4Cl)n3N)CC2)cc1. The topological polar surface area (TPSA) is 89.5 Å². The van der Waals surface area contributed by atoms with E-state index in [1.54, 1.807) is 13.2 Å². The van der Waals surface area contributed by atoms with Crippen LogP contribution in [0.25, 0.3) is 11.4 Å². The minimum absolute atomic E-state index is 0.0571. The van der Waals surface area contributed by atoms with Gasteiger partial charge < -0.3 is 20.4 Å². The quantitative estimate of drug-likeness (QED) is 0.448. The van der Waals surface area contributed by atoms with Gasteiger partial charge >= 0.3 is 0 Å². The van der Waals surface area contributed by atoms with Gasteiger partial charge in [0.15, 0.2) is 5.82 Å². The van der Waals surface area contributed by atoms with Gasteiger partial charge in [0, 0.05) is 37.4 Å². The molecule has 0 unspecified atom stereocenters. The Morgan fingerprint density at radius 2 is 1.81 bits per heavy atom. The van der Waals surface area contributed by atoms with Gasteiger partial charge in [0.2, 0.25) is 11.1 Å². The van der Waals surface area contributed by atoms with E-state index in [1.807, 2.05) is 47.4 Å². The molecule has 1 saturated heterocycles. The average Bonchev–Trinajstić information content (AvgIpc) is 3.18. The Hall–Kier alpha value is -2.91. The first-order valence-electron chi connectivity index (χ1n) is 9.82. The van der Waals surface area contributed by atoms with Crippen molar-refractivity contribution in [1.82, 2.24) is 19.8 Å². The second-order valence-electron chi connectivity index (χ2n) is 7.01. The zero-order valence-corrected chi connectivity index (χ0v) is 18.6. The number of hydrogen-bond donors (Lipinski definition) is 1. The van der Waals surface area contributed by atoms with Gasteiger partial charge in [-0.1, -0.05) is 35.5 Å². The molecule has 162 valence electrons. The van der Waals surface area contributed by atoms with E-state index in [0.717, 1.165) is 24.5 Å². The van der Waals surface area contributed by atoms with E-state index >= 15 is 0 Å². The van der Waals surface area contributed by atoms with Crippen LogP contribution >= 0.6 is 23.4 Å². The van der Waals surface area contributed by atoms with Crippen LogP contribution in [-0.4, -0.2) is 64.7 Å². The first-order valence-corrected chi connectivity index (χ1v) is 11.2. The number of methoxy groups -OCH3 is 1. The van der Waals surface area contributed by atoms with E-state index in [0.29, 0.717) is 34.7 Å². The number of piperazine rings is 1. The maximum absolute atomic E-state index is 12.7. The van der Waals surface area contributed by atoms with E-state index in [1.165, 1.54) is 16.4 Å². The van der Waals surface area contributed by atoms with E-state index in [-0.39, 0.29) is 11.7 Å². The first kappa shape index (κ1) is 21.3. The number of nitrogens with two attached hydrogens (primary N) is 1. The number of carbonyl (C=O) groups excluding carboxylic acids is 1. The number of nitrogen functional groups attached to an aromatic ring is 1. The standard InChI is InChI=1S/C21H23ClN6O2S/c1-30-16-8-6-15(7-9-16)26-10-12-27(13-11-26)19(29)14-31-21-25-24-20(28(21)23)17-4-2-3-5-18(17)22/h2-9H,10-14,23H2,1H3. The van der Waals surface area contributed by atoms with Gasteiger partial charge in [-0.3, -0.25) is 4.79 Å². The maximum atomic E-state index is 12.7. The molecule has 0 saturated carbocycles. The predicted octanol–water partition coefficient (Wildman–Crippen LogP) is 2.76.